The highest BCUT2D eigenvalue weighted by atomic mass is 15.5. The van der Waals surface area contributed by atoms with Crippen molar-refractivity contribution < 1.29 is 0 Å². The summed E-state index contributed by atoms with van der Waals surface area (Å²) in [5.41, 5.74) is 5.60. The Morgan fingerprint density at radius 2 is 0.964 bits per heavy atom. The fourth-order valence-electron chi connectivity index (χ4n) is 5.57. The van der Waals surface area contributed by atoms with Crippen LogP contribution in [0.25, 0.3) is 0 Å². The first-order chi connectivity index (χ1) is 13.6. The lowest BCUT2D eigenvalue weighted by Crippen LogP contribution is -2.65. The fraction of sp³-hybridized carbons (Fsp3) is 0.500. The van der Waals surface area contributed by atoms with E-state index in [1.807, 2.05) is 0 Å². The van der Waals surface area contributed by atoms with E-state index in [-0.39, 0.29) is 0 Å². The van der Waals surface area contributed by atoms with Gasteiger partial charge in [-0.3, -0.25) is 0 Å². The summed E-state index contributed by atoms with van der Waals surface area (Å²) in [5, 5.41) is 0. The lowest BCUT2D eigenvalue weighted by Gasteiger charge is -2.48. The van der Waals surface area contributed by atoms with E-state index >= 15 is 0 Å². The first kappa shape index (κ1) is 17.7. The third kappa shape index (κ3) is 2.43. The Labute approximate surface area is 169 Å². The smallest absolute Gasteiger partial charge is 0.142 e. The predicted molar refractivity (Wildman–Crippen MR) is 120 cm³/mol. The van der Waals surface area contributed by atoms with Crippen LogP contribution >= 0.6 is 0 Å². The molecular formula is C24H32N4. The summed E-state index contributed by atoms with van der Waals surface area (Å²) in [7, 11) is 0. The molecular weight excluding hydrogens is 344 g/mol. The standard InChI is InChI=1S/C24H32N4/c1-17(2)27-21-13-7-5-11-19(21)25-15-9-10-16-26-20-12-6-8-14-22(20)28(18(3)4)24(26)23(25)27/h5-8,11-14,17-18,23-24H,9-10,15-16H2,1-4H3/t23-,24?/m0/s1. The van der Waals surface area contributed by atoms with E-state index in [0.29, 0.717) is 24.4 Å². The monoisotopic (exact) mass is 376 g/mol. The third-order valence-corrected chi connectivity index (χ3v) is 6.57. The molecule has 1 saturated heterocycles. The molecule has 0 N–H and O–H groups in total. The van der Waals surface area contributed by atoms with Gasteiger partial charge >= 0.3 is 0 Å². The maximum absolute atomic E-state index is 2.69. The third-order valence-electron chi connectivity index (χ3n) is 6.57. The minimum atomic E-state index is 0.326. The maximum atomic E-state index is 2.69. The van der Waals surface area contributed by atoms with E-state index in [1.165, 1.54) is 35.6 Å². The molecule has 0 spiro atoms. The van der Waals surface area contributed by atoms with Gasteiger partial charge in [-0.25, -0.2) is 0 Å². The van der Waals surface area contributed by atoms with Crippen molar-refractivity contribution in [3.63, 3.8) is 0 Å². The van der Waals surface area contributed by atoms with Crippen LogP contribution in [0, 0.1) is 0 Å². The van der Waals surface area contributed by atoms with Gasteiger partial charge in [0.1, 0.15) is 12.3 Å². The topological polar surface area (TPSA) is 13.0 Å². The van der Waals surface area contributed by atoms with Gasteiger partial charge in [-0.1, -0.05) is 24.3 Å². The molecule has 0 aliphatic carbocycles. The van der Waals surface area contributed by atoms with E-state index in [2.05, 4.69) is 95.8 Å². The van der Waals surface area contributed by atoms with Gasteiger partial charge in [0.25, 0.3) is 0 Å². The van der Waals surface area contributed by atoms with Gasteiger partial charge < -0.3 is 19.6 Å². The number of benzene rings is 2. The number of para-hydroxylation sites is 4. The predicted octanol–water partition coefficient (Wildman–Crippen LogP) is 4.90. The van der Waals surface area contributed by atoms with E-state index in [0.717, 1.165) is 13.1 Å². The summed E-state index contributed by atoms with van der Waals surface area (Å²) in [6.07, 6.45) is 3.13. The van der Waals surface area contributed by atoms with Crippen molar-refractivity contribution in [2.24, 2.45) is 0 Å². The van der Waals surface area contributed by atoms with E-state index in [1.54, 1.807) is 0 Å². The van der Waals surface area contributed by atoms with Gasteiger partial charge in [-0.05, 0) is 64.8 Å². The quantitative estimate of drug-likeness (QED) is 0.739. The molecule has 5 rings (SSSR count). The molecule has 3 aliphatic rings. The van der Waals surface area contributed by atoms with Crippen LogP contribution in [0.1, 0.15) is 40.5 Å². The molecule has 3 heterocycles. The Morgan fingerprint density at radius 1 is 0.607 bits per heavy atom. The van der Waals surface area contributed by atoms with Gasteiger partial charge in [0.05, 0.1) is 22.7 Å². The molecule has 0 radical (unpaired) electrons. The zero-order valence-electron chi connectivity index (χ0n) is 17.5. The zero-order chi connectivity index (χ0) is 19.4. The van der Waals surface area contributed by atoms with Gasteiger partial charge in [-0.15, -0.1) is 0 Å². The van der Waals surface area contributed by atoms with Crippen molar-refractivity contribution >= 4 is 22.7 Å². The normalized spacial score (nSPS) is 23.5. The number of rotatable bonds is 2. The van der Waals surface area contributed by atoms with Crippen molar-refractivity contribution in [1.82, 2.24) is 0 Å². The van der Waals surface area contributed by atoms with Gasteiger partial charge in [0, 0.05) is 25.2 Å². The van der Waals surface area contributed by atoms with Crippen LogP contribution in [0.3, 0.4) is 0 Å². The molecule has 4 heteroatoms. The molecule has 3 aliphatic heterocycles. The largest absolute Gasteiger partial charge is 0.346 e. The summed E-state index contributed by atoms with van der Waals surface area (Å²) in [6.45, 7) is 11.6. The molecule has 2 aromatic carbocycles. The van der Waals surface area contributed by atoms with Crippen LogP contribution in [-0.2, 0) is 0 Å². The Balaban J connectivity index is 1.69. The molecule has 0 bridgehead atoms. The SMILES string of the molecule is CC(C)N1c2ccccc2N2CCCCN3c4ccccc4N(C(C)C)[C@H]3C21. The van der Waals surface area contributed by atoms with Crippen molar-refractivity contribution in [3.8, 4) is 0 Å². The van der Waals surface area contributed by atoms with Crippen LogP contribution in [0.2, 0.25) is 0 Å². The van der Waals surface area contributed by atoms with Crippen molar-refractivity contribution in [2.45, 2.75) is 65.0 Å². The van der Waals surface area contributed by atoms with E-state index in [4.69, 9.17) is 0 Å². The zero-order valence-corrected chi connectivity index (χ0v) is 17.5. The second-order valence-electron chi connectivity index (χ2n) is 8.90. The number of hydrogen-bond acceptors (Lipinski definition) is 4. The second kappa shape index (κ2) is 6.61. The van der Waals surface area contributed by atoms with Gasteiger partial charge in [-0.2, -0.15) is 0 Å². The molecule has 0 aromatic heterocycles. The molecule has 4 nitrogen and oxygen atoms in total. The van der Waals surface area contributed by atoms with Crippen LogP contribution in [0.15, 0.2) is 48.5 Å². The summed E-state index contributed by atoms with van der Waals surface area (Å²) >= 11 is 0. The number of anilines is 4. The average Bonchev–Trinajstić information content (AvgIpc) is 3.15. The van der Waals surface area contributed by atoms with Crippen LogP contribution < -0.4 is 19.6 Å². The van der Waals surface area contributed by atoms with Crippen LogP contribution in [0.5, 0.6) is 0 Å². The maximum Gasteiger partial charge on any atom is 0.142 e. The molecule has 0 amide bonds. The number of hydrogen-bond donors (Lipinski definition) is 0. The number of fused-ring (bicyclic) bond motifs is 7. The molecule has 28 heavy (non-hydrogen) atoms. The molecule has 2 atom stereocenters. The summed E-state index contributed by atoms with van der Waals surface area (Å²) in [6, 6.07) is 18.9. The minimum Gasteiger partial charge on any atom is -0.346 e. The number of nitrogens with zero attached hydrogens (tertiary/aromatic N) is 4. The van der Waals surface area contributed by atoms with Gasteiger partial charge in [0.15, 0.2) is 0 Å². The summed E-state index contributed by atoms with van der Waals surface area (Å²) < 4.78 is 0. The van der Waals surface area contributed by atoms with Crippen LogP contribution in [-0.4, -0.2) is 37.5 Å². The molecule has 1 unspecified atom stereocenters. The molecule has 2 aromatic rings. The molecule has 0 saturated carbocycles. The molecule has 1 fully saturated rings. The second-order valence-corrected chi connectivity index (χ2v) is 8.90. The van der Waals surface area contributed by atoms with E-state index in [9.17, 15) is 0 Å². The highest BCUT2D eigenvalue weighted by Gasteiger charge is 2.50. The van der Waals surface area contributed by atoms with E-state index < -0.39 is 0 Å². The first-order valence-electron chi connectivity index (χ1n) is 10.9. The Morgan fingerprint density at radius 3 is 1.32 bits per heavy atom. The minimum absolute atomic E-state index is 0.326. The Hall–Kier alpha value is -2.36. The Kier molecular flexibility index (Phi) is 4.18. The highest BCUT2D eigenvalue weighted by molar-refractivity contribution is 5.83. The van der Waals surface area contributed by atoms with Crippen LogP contribution in [0.4, 0.5) is 22.7 Å². The average molecular weight is 377 g/mol. The van der Waals surface area contributed by atoms with Crippen molar-refractivity contribution in [3.05, 3.63) is 48.5 Å². The lowest BCUT2D eigenvalue weighted by molar-refractivity contribution is 0.392. The van der Waals surface area contributed by atoms with Gasteiger partial charge in [0.2, 0.25) is 0 Å². The van der Waals surface area contributed by atoms with Crippen molar-refractivity contribution in [1.29, 1.82) is 0 Å². The summed E-state index contributed by atoms with van der Waals surface area (Å²) in [5.74, 6) is 0. The van der Waals surface area contributed by atoms with Crippen molar-refractivity contribution in [2.75, 3.05) is 32.7 Å². The first-order valence-corrected chi connectivity index (χ1v) is 10.9. The fourth-order valence-corrected chi connectivity index (χ4v) is 5.57. The highest BCUT2D eigenvalue weighted by Crippen LogP contribution is 2.49. The molecule has 148 valence electrons. The Bertz CT molecular complexity index is 790. The lowest BCUT2D eigenvalue weighted by atomic mass is 10.1. The summed E-state index contributed by atoms with van der Waals surface area (Å²) in [4.78, 5) is 10.7.